The van der Waals surface area contributed by atoms with E-state index in [4.69, 9.17) is 4.74 Å². The van der Waals surface area contributed by atoms with Gasteiger partial charge in [-0.3, -0.25) is 0 Å². The summed E-state index contributed by atoms with van der Waals surface area (Å²) >= 11 is 0. The molecule has 1 unspecified atom stereocenters. The van der Waals surface area contributed by atoms with Crippen LogP contribution in [-0.4, -0.2) is 23.4 Å². The maximum absolute atomic E-state index is 9.84. The van der Waals surface area contributed by atoms with E-state index in [0.717, 1.165) is 54.9 Å². The van der Waals surface area contributed by atoms with Crippen LogP contribution in [-0.2, 0) is 6.42 Å². The van der Waals surface area contributed by atoms with Crippen LogP contribution in [0.1, 0.15) is 42.5 Å². The second-order valence-electron chi connectivity index (χ2n) is 5.95. The molecule has 0 saturated carbocycles. The zero-order valence-electron chi connectivity index (χ0n) is 13.4. The van der Waals surface area contributed by atoms with E-state index in [2.05, 4.69) is 18.3 Å². The summed E-state index contributed by atoms with van der Waals surface area (Å²) in [6, 6.07) is 11.4. The Balaban J connectivity index is 1.88. The van der Waals surface area contributed by atoms with Gasteiger partial charge in [-0.2, -0.15) is 0 Å². The molecule has 0 spiro atoms. The van der Waals surface area contributed by atoms with E-state index in [0.29, 0.717) is 0 Å². The van der Waals surface area contributed by atoms with E-state index in [1.54, 1.807) is 12.1 Å². The molecule has 0 saturated heterocycles. The number of hydrogen-bond acceptors (Lipinski definition) is 4. The molecule has 1 atom stereocenters. The van der Waals surface area contributed by atoms with E-state index >= 15 is 0 Å². The topological polar surface area (TPSA) is 61.7 Å². The smallest absolute Gasteiger partial charge is 0.157 e. The van der Waals surface area contributed by atoms with Gasteiger partial charge in [0.05, 0.1) is 12.6 Å². The van der Waals surface area contributed by atoms with Crippen LogP contribution in [0.2, 0.25) is 0 Å². The van der Waals surface area contributed by atoms with E-state index < -0.39 is 0 Å². The molecule has 4 nitrogen and oxygen atoms in total. The number of fused-ring (bicyclic) bond motifs is 1. The minimum absolute atomic E-state index is 0.0000230. The Labute approximate surface area is 136 Å². The van der Waals surface area contributed by atoms with Crippen molar-refractivity contribution in [1.29, 1.82) is 0 Å². The highest BCUT2D eigenvalue weighted by Crippen LogP contribution is 2.36. The Bertz CT molecular complexity index is 684. The highest BCUT2D eigenvalue weighted by atomic mass is 16.5. The number of hydrogen-bond donors (Lipinski definition) is 3. The van der Waals surface area contributed by atoms with E-state index in [-0.39, 0.29) is 17.5 Å². The van der Waals surface area contributed by atoms with Crippen molar-refractivity contribution in [2.75, 3.05) is 13.2 Å². The molecule has 1 aliphatic rings. The van der Waals surface area contributed by atoms with Crippen molar-refractivity contribution < 1.29 is 14.9 Å². The summed E-state index contributed by atoms with van der Waals surface area (Å²) in [5.74, 6) is 0.738. The summed E-state index contributed by atoms with van der Waals surface area (Å²) < 4.78 is 5.79. The first-order valence-electron chi connectivity index (χ1n) is 8.20. The van der Waals surface area contributed by atoms with Crippen LogP contribution in [0, 0.1) is 0 Å². The molecule has 2 aromatic rings. The molecule has 23 heavy (non-hydrogen) atoms. The fraction of sp³-hybridized carbons (Fsp3) is 0.368. The molecule has 3 N–H and O–H groups in total. The molecule has 1 heterocycles. The molecule has 0 aromatic heterocycles. The Morgan fingerprint density at radius 3 is 2.83 bits per heavy atom. The predicted octanol–water partition coefficient (Wildman–Crippen LogP) is 3.51. The van der Waals surface area contributed by atoms with Crippen LogP contribution < -0.4 is 10.1 Å². The molecule has 3 rings (SSSR count). The standard InChI is InChI=1S/C19H23NO3/c1-2-3-9-23-15-6-4-5-14(10-15)19-16-12-18(22)17(21)11-13(16)7-8-20-19/h4-6,10-12,19-22H,2-3,7-9H2,1H3. The fourth-order valence-corrected chi connectivity index (χ4v) is 3.00. The SMILES string of the molecule is CCCCOc1cccc(C2NCCc3cc(O)c(O)cc32)c1. The number of benzene rings is 2. The number of phenols is 2. The molecule has 122 valence electrons. The third-order valence-corrected chi connectivity index (χ3v) is 4.25. The zero-order chi connectivity index (χ0) is 16.2. The van der Waals surface area contributed by atoms with Crippen LogP contribution in [0.15, 0.2) is 36.4 Å². The van der Waals surface area contributed by atoms with Crippen molar-refractivity contribution in [3.8, 4) is 17.2 Å². The molecular weight excluding hydrogens is 290 g/mol. The molecule has 2 aromatic carbocycles. The second kappa shape index (κ2) is 6.92. The van der Waals surface area contributed by atoms with E-state index in [9.17, 15) is 10.2 Å². The van der Waals surface area contributed by atoms with Crippen LogP contribution in [0.3, 0.4) is 0 Å². The molecule has 1 aliphatic heterocycles. The zero-order valence-corrected chi connectivity index (χ0v) is 13.4. The maximum Gasteiger partial charge on any atom is 0.157 e. The number of rotatable bonds is 5. The lowest BCUT2D eigenvalue weighted by Crippen LogP contribution is -2.30. The molecule has 0 fully saturated rings. The maximum atomic E-state index is 9.84. The molecule has 0 amide bonds. The van der Waals surface area contributed by atoms with Gasteiger partial charge < -0.3 is 20.3 Å². The van der Waals surface area contributed by atoms with Crippen molar-refractivity contribution >= 4 is 0 Å². The molecule has 0 radical (unpaired) electrons. The van der Waals surface area contributed by atoms with Gasteiger partial charge >= 0.3 is 0 Å². The Kier molecular flexibility index (Phi) is 4.72. The highest BCUT2D eigenvalue weighted by molar-refractivity contribution is 5.50. The van der Waals surface area contributed by atoms with Gasteiger partial charge in [0.1, 0.15) is 5.75 Å². The van der Waals surface area contributed by atoms with Crippen LogP contribution in [0.25, 0.3) is 0 Å². The fourth-order valence-electron chi connectivity index (χ4n) is 3.00. The van der Waals surface area contributed by atoms with Crippen molar-refractivity contribution in [2.24, 2.45) is 0 Å². The third kappa shape index (κ3) is 3.42. The quantitative estimate of drug-likeness (QED) is 0.584. The normalized spacial score (nSPS) is 16.8. The average Bonchev–Trinajstić information content (AvgIpc) is 2.56. The first-order chi connectivity index (χ1) is 11.2. The van der Waals surface area contributed by atoms with Gasteiger partial charge in [0, 0.05) is 6.54 Å². The minimum Gasteiger partial charge on any atom is -0.504 e. The van der Waals surface area contributed by atoms with Crippen LogP contribution in [0.5, 0.6) is 17.2 Å². The molecule has 0 aliphatic carbocycles. The number of unbranched alkanes of at least 4 members (excludes halogenated alkanes) is 1. The average molecular weight is 313 g/mol. The van der Waals surface area contributed by atoms with E-state index in [1.807, 2.05) is 18.2 Å². The predicted molar refractivity (Wildman–Crippen MR) is 90.2 cm³/mol. The van der Waals surface area contributed by atoms with Crippen molar-refractivity contribution in [3.05, 3.63) is 53.1 Å². The second-order valence-corrected chi connectivity index (χ2v) is 5.95. The summed E-state index contributed by atoms with van der Waals surface area (Å²) in [6.07, 6.45) is 2.99. The van der Waals surface area contributed by atoms with Gasteiger partial charge in [-0.05, 0) is 53.8 Å². The number of aromatic hydroxyl groups is 2. The molecule has 4 heteroatoms. The first kappa shape index (κ1) is 15.7. The summed E-state index contributed by atoms with van der Waals surface area (Å²) in [4.78, 5) is 0. The third-order valence-electron chi connectivity index (χ3n) is 4.25. The Morgan fingerprint density at radius 1 is 1.17 bits per heavy atom. The van der Waals surface area contributed by atoms with E-state index in [1.165, 1.54) is 0 Å². The summed E-state index contributed by atoms with van der Waals surface area (Å²) in [5.41, 5.74) is 3.18. The number of nitrogens with one attached hydrogen (secondary N) is 1. The largest absolute Gasteiger partial charge is 0.504 e. The summed E-state index contributed by atoms with van der Waals surface area (Å²) in [7, 11) is 0. The lowest BCUT2D eigenvalue weighted by atomic mass is 9.89. The monoisotopic (exact) mass is 313 g/mol. The summed E-state index contributed by atoms with van der Waals surface area (Å²) in [6.45, 7) is 3.71. The Hall–Kier alpha value is -2.20. The van der Waals surface area contributed by atoms with Crippen LogP contribution in [0.4, 0.5) is 0 Å². The minimum atomic E-state index is -0.0761. The van der Waals surface area contributed by atoms with Gasteiger partial charge in [0.15, 0.2) is 11.5 Å². The lowest BCUT2D eigenvalue weighted by molar-refractivity contribution is 0.309. The number of ether oxygens (including phenoxy) is 1. The highest BCUT2D eigenvalue weighted by Gasteiger charge is 2.23. The van der Waals surface area contributed by atoms with Crippen LogP contribution >= 0.6 is 0 Å². The molecule has 0 bridgehead atoms. The Morgan fingerprint density at radius 2 is 2.00 bits per heavy atom. The number of phenolic OH excluding ortho intramolecular Hbond substituents is 2. The lowest BCUT2D eigenvalue weighted by Gasteiger charge is -2.28. The molecular formula is C19H23NO3. The first-order valence-corrected chi connectivity index (χ1v) is 8.20. The van der Waals surface area contributed by atoms with Gasteiger partial charge in [-0.1, -0.05) is 25.5 Å². The van der Waals surface area contributed by atoms with Crippen molar-refractivity contribution in [1.82, 2.24) is 5.32 Å². The van der Waals surface area contributed by atoms with Crippen molar-refractivity contribution in [2.45, 2.75) is 32.2 Å². The van der Waals surface area contributed by atoms with Gasteiger partial charge in [0.2, 0.25) is 0 Å². The van der Waals surface area contributed by atoms with Crippen molar-refractivity contribution in [3.63, 3.8) is 0 Å². The summed E-state index contributed by atoms with van der Waals surface area (Å²) in [5, 5.41) is 23.0. The van der Waals surface area contributed by atoms with Gasteiger partial charge in [-0.15, -0.1) is 0 Å². The van der Waals surface area contributed by atoms with Gasteiger partial charge in [0.25, 0.3) is 0 Å². The van der Waals surface area contributed by atoms with Gasteiger partial charge in [-0.25, -0.2) is 0 Å².